The monoisotopic (exact) mass is 528 g/mol. The van der Waals surface area contributed by atoms with Crippen LogP contribution in [0.5, 0.6) is 0 Å². The van der Waals surface area contributed by atoms with Gasteiger partial charge in [0.25, 0.3) is 0 Å². The molecule has 0 aliphatic heterocycles. The summed E-state index contributed by atoms with van der Waals surface area (Å²) in [7, 11) is 0. The predicted octanol–water partition coefficient (Wildman–Crippen LogP) is 4.29. The summed E-state index contributed by atoms with van der Waals surface area (Å²) >= 11 is 8.35. The summed E-state index contributed by atoms with van der Waals surface area (Å²) in [6, 6.07) is 10.3. The first-order valence-corrected chi connectivity index (χ1v) is 10.2. The van der Waals surface area contributed by atoms with Crippen LogP contribution in [0.3, 0.4) is 0 Å². The van der Waals surface area contributed by atoms with E-state index in [0.717, 1.165) is 8.25 Å². The van der Waals surface area contributed by atoms with Gasteiger partial charge in [0.05, 0.1) is 5.02 Å². The number of nitrogens with zero attached hydrogens (tertiary/aromatic N) is 2. The molecule has 0 unspecified atom stereocenters. The first kappa shape index (κ1) is 21.5. The summed E-state index contributed by atoms with van der Waals surface area (Å²) in [5.41, 5.74) is -0.491. The smallest absolute Gasteiger partial charge is 0.348 e. The molecule has 9 heteroatoms. The second-order valence-corrected chi connectivity index (χ2v) is 9.15. The van der Waals surface area contributed by atoms with Crippen LogP contribution in [0.2, 0.25) is 5.02 Å². The van der Waals surface area contributed by atoms with Gasteiger partial charge in [-0.05, 0) is 40.8 Å². The number of hydrogen-bond acceptors (Lipinski definition) is 3. The van der Waals surface area contributed by atoms with Crippen LogP contribution in [0.1, 0.15) is 26.3 Å². The Hall–Kier alpha value is -2.20. The maximum Gasteiger partial charge on any atom is 0.348 e. The van der Waals surface area contributed by atoms with Gasteiger partial charge in [0.1, 0.15) is 5.69 Å². The Kier molecular flexibility index (Phi) is 6.13. The Morgan fingerprint density at radius 2 is 1.90 bits per heavy atom. The standard InChI is InChI=1S/C20H19ClFIN4O2/c1-20(2,3)18(28)24-10-12-6-9-14(21)16(15(12)22)27-19(29)25-17(26-27)11-4-7-13(23)8-5-11/h4-9H,10H2,1-3H3,(H,24,28)(H,25,26,29). The third-order valence-electron chi connectivity index (χ3n) is 4.21. The highest BCUT2D eigenvalue weighted by atomic mass is 127. The van der Waals surface area contributed by atoms with E-state index < -0.39 is 16.9 Å². The van der Waals surface area contributed by atoms with E-state index in [-0.39, 0.29) is 28.7 Å². The molecule has 0 saturated carbocycles. The molecule has 0 fully saturated rings. The number of aromatic nitrogens is 3. The quantitative estimate of drug-likeness (QED) is 0.496. The van der Waals surface area contributed by atoms with Crippen molar-refractivity contribution in [2.24, 2.45) is 5.41 Å². The van der Waals surface area contributed by atoms with Gasteiger partial charge in [0, 0.05) is 26.7 Å². The van der Waals surface area contributed by atoms with Crippen molar-refractivity contribution in [3.05, 3.63) is 66.9 Å². The van der Waals surface area contributed by atoms with Crippen molar-refractivity contribution in [2.45, 2.75) is 27.3 Å². The zero-order valence-corrected chi connectivity index (χ0v) is 18.9. The molecule has 3 rings (SSSR count). The fourth-order valence-corrected chi connectivity index (χ4v) is 3.15. The summed E-state index contributed by atoms with van der Waals surface area (Å²) in [5.74, 6) is -0.630. The lowest BCUT2D eigenvalue weighted by Gasteiger charge is -2.18. The molecule has 29 heavy (non-hydrogen) atoms. The topological polar surface area (TPSA) is 79.8 Å². The Labute approximate surface area is 185 Å². The molecule has 152 valence electrons. The van der Waals surface area contributed by atoms with Crippen molar-refractivity contribution < 1.29 is 9.18 Å². The molecule has 6 nitrogen and oxygen atoms in total. The van der Waals surface area contributed by atoms with Gasteiger partial charge in [-0.2, -0.15) is 4.68 Å². The molecule has 0 aliphatic carbocycles. The number of hydrogen-bond donors (Lipinski definition) is 2. The molecule has 0 aliphatic rings. The molecule has 1 amide bonds. The molecule has 2 N–H and O–H groups in total. The van der Waals surface area contributed by atoms with Crippen molar-refractivity contribution >= 4 is 40.1 Å². The minimum Gasteiger partial charge on any atom is -0.351 e. The highest BCUT2D eigenvalue weighted by Crippen LogP contribution is 2.26. The highest BCUT2D eigenvalue weighted by Gasteiger charge is 2.23. The number of carbonyl (C=O) groups is 1. The average Bonchev–Trinajstić information content (AvgIpc) is 3.02. The average molecular weight is 529 g/mol. The Bertz CT molecular complexity index is 1120. The van der Waals surface area contributed by atoms with Crippen molar-refractivity contribution in [2.75, 3.05) is 0 Å². The van der Waals surface area contributed by atoms with E-state index in [2.05, 4.69) is 38.0 Å². The van der Waals surface area contributed by atoms with Crippen molar-refractivity contribution in [3.8, 4) is 17.1 Å². The zero-order valence-electron chi connectivity index (χ0n) is 16.0. The summed E-state index contributed by atoms with van der Waals surface area (Å²) in [6.07, 6.45) is 0. The molecule has 1 aromatic heterocycles. The van der Waals surface area contributed by atoms with Gasteiger partial charge in [-0.15, -0.1) is 5.10 Å². The van der Waals surface area contributed by atoms with E-state index in [1.54, 1.807) is 32.9 Å². The van der Waals surface area contributed by atoms with Gasteiger partial charge in [-0.25, -0.2) is 9.18 Å². The maximum absolute atomic E-state index is 15.2. The molecular formula is C20H19ClFIN4O2. The number of carbonyl (C=O) groups excluding carboxylic acids is 1. The number of amides is 1. The Morgan fingerprint density at radius 3 is 2.52 bits per heavy atom. The normalized spacial score (nSPS) is 11.5. The van der Waals surface area contributed by atoms with E-state index in [1.165, 1.54) is 12.1 Å². The third-order valence-corrected chi connectivity index (χ3v) is 5.24. The van der Waals surface area contributed by atoms with Gasteiger partial charge in [0.2, 0.25) is 5.91 Å². The zero-order chi connectivity index (χ0) is 21.3. The lowest BCUT2D eigenvalue weighted by atomic mass is 9.95. The minimum absolute atomic E-state index is 0.0325. The van der Waals surface area contributed by atoms with Gasteiger partial charge < -0.3 is 5.32 Å². The molecular weight excluding hydrogens is 510 g/mol. The first-order valence-electron chi connectivity index (χ1n) is 8.79. The Morgan fingerprint density at radius 1 is 1.24 bits per heavy atom. The number of nitrogens with one attached hydrogen (secondary N) is 2. The number of H-pyrrole nitrogens is 1. The second-order valence-electron chi connectivity index (χ2n) is 7.50. The van der Waals surface area contributed by atoms with Gasteiger partial charge >= 0.3 is 5.69 Å². The van der Waals surface area contributed by atoms with Crippen LogP contribution in [0.4, 0.5) is 4.39 Å². The van der Waals surface area contributed by atoms with Crippen LogP contribution in [-0.2, 0) is 11.3 Å². The fourth-order valence-electron chi connectivity index (χ4n) is 2.57. The molecule has 1 heterocycles. The first-order chi connectivity index (χ1) is 13.6. The lowest BCUT2D eigenvalue weighted by Crippen LogP contribution is -2.34. The van der Waals surface area contributed by atoms with Gasteiger partial charge in [-0.1, -0.05) is 50.6 Å². The fraction of sp³-hybridized carbons (Fsp3) is 0.250. The molecule has 0 radical (unpaired) electrons. The van der Waals surface area contributed by atoms with Crippen LogP contribution in [0, 0.1) is 14.8 Å². The van der Waals surface area contributed by atoms with Crippen LogP contribution >= 0.6 is 34.2 Å². The molecule has 0 saturated heterocycles. The maximum atomic E-state index is 15.2. The minimum atomic E-state index is -0.713. The molecule has 0 spiro atoms. The van der Waals surface area contributed by atoms with E-state index in [9.17, 15) is 9.59 Å². The van der Waals surface area contributed by atoms with Crippen LogP contribution in [0.25, 0.3) is 17.1 Å². The number of halogens is 3. The van der Waals surface area contributed by atoms with E-state index in [1.807, 2.05) is 12.1 Å². The summed E-state index contributed by atoms with van der Waals surface area (Å²) in [6.45, 7) is 5.26. The van der Waals surface area contributed by atoms with Crippen molar-refractivity contribution in [1.29, 1.82) is 0 Å². The lowest BCUT2D eigenvalue weighted by molar-refractivity contribution is -0.128. The van der Waals surface area contributed by atoms with Crippen LogP contribution < -0.4 is 11.0 Å². The number of benzene rings is 2. The van der Waals surface area contributed by atoms with Gasteiger partial charge in [-0.3, -0.25) is 9.78 Å². The van der Waals surface area contributed by atoms with E-state index in [4.69, 9.17) is 11.6 Å². The largest absolute Gasteiger partial charge is 0.351 e. The summed E-state index contributed by atoms with van der Waals surface area (Å²) in [5, 5.41) is 6.94. The third kappa shape index (κ3) is 4.69. The Balaban J connectivity index is 1.98. The van der Waals surface area contributed by atoms with E-state index >= 15 is 4.39 Å². The highest BCUT2D eigenvalue weighted by molar-refractivity contribution is 14.1. The van der Waals surface area contributed by atoms with E-state index in [0.29, 0.717) is 11.4 Å². The molecule has 0 bridgehead atoms. The summed E-state index contributed by atoms with van der Waals surface area (Å²) in [4.78, 5) is 27.1. The van der Waals surface area contributed by atoms with Gasteiger partial charge in [0.15, 0.2) is 11.6 Å². The molecule has 2 aromatic carbocycles. The predicted molar refractivity (Wildman–Crippen MR) is 119 cm³/mol. The number of aromatic amines is 1. The summed E-state index contributed by atoms with van der Waals surface area (Å²) < 4.78 is 17.1. The van der Waals surface area contributed by atoms with Crippen LogP contribution in [-0.4, -0.2) is 20.7 Å². The van der Waals surface area contributed by atoms with Crippen molar-refractivity contribution in [3.63, 3.8) is 0 Å². The number of rotatable bonds is 4. The molecule has 0 atom stereocenters. The SMILES string of the molecule is CC(C)(C)C(=O)NCc1ccc(Cl)c(-n2nc(-c3ccc(I)cc3)[nH]c2=O)c1F. The van der Waals surface area contributed by atoms with Crippen LogP contribution in [0.15, 0.2) is 41.2 Å². The molecule has 3 aromatic rings. The van der Waals surface area contributed by atoms with Crippen molar-refractivity contribution in [1.82, 2.24) is 20.1 Å². The second kappa shape index (κ2) is 8.27.